The van der Waals surface area contributed by atoms with Gasteiger partial charge < -0.3 is 20.1 Å². The van der Waals surface area contributed by atoms with Gasteiger partial charge in [-0.2, -0.15) is 0 Å². The monoisotopic (exact) mass is 332 g/mol. The summed E-state index contributed by atoms with van der Waals surface area (Å²) in [5.41, 5.74) is -1.20. The lowest BCUT2D eigenvalue weighted by Crippen LogP contribution is -2.54. The molecule has 3 N–H and O–H groups in total. The van der Waals surface area contributed by atoms with Crippen molar-refractivity contribution < 1.29 is 29.6 Å². The Morgan fingerprint density at radius 1 is 1.09 bits per heavy atom. The molecule has 2 atom stereocenters. The molecular weight excluding hydrogens is 300 g/mol. The molecule has 0 amide bonds. The average molecular weight is 332 g/mol. The largest absolute Gasteiger partial charge is 0.479 e. The van der Waals surface area contributed by atoms with Crippen LogP contribution in [0, 0.1) is 0 Å². The van der Waals surface area contributed by atoms with E-state index in [2.05, 4.69) is 6.58 Å². The van der Waals surface area contributed by atoms with Crippen LogP contribution in [0.4, 0.5) is 0 Å². The van der Waals surface area contributed by atoms with Gasteiger partial charge in [-0.15, -0.1) is 6.58 Å². The maximum absolute atomic E-state index is 11.2. The predicted molar refractivity (Wildman–Crippen MR) is 89.5 cm³/mol. The van der Waals surface area contributed by atoms with Crippen molar-refractivity contribution in [1.82, 2.24) is 0 Å². The predicted octanol–water partition coefficient (Wildman–Crippen LogP) is 3.23. The Labute approximate surface area is 139 Å². The number of allylic oxidation sites excluding steroid dienone is 1. The molecule has 0 aromatic heterocycles. The third kappa shape index (κ3) is 10.9. The van der Waals surface area contributed by atoms with Crippen molar-refractivity contribution in [2.45, 2.75) is 77.9 Å². The Balaban J connectivity index is 0. The molecule has 0 radical (unpaired) electrons. The normalized spacial score (nSPS) is 14.1. The zero-order chi connectivity index (χ0) is 18.5. The minimum absolute atomic E-state index is 0.131. The number of hydrogen-bond donors (Lipinski definition) is 3. The van der Waals surface area contributed by atoms with Crippen LogP contribution in [0.3, 0.4) is 0 Å². The van der Waals surface area contributed by atoms with Crippen LogP contribution < -0.4 is 0 Å². The highest BCUT2D eigenvalue weighted by Gasteiger charge is 2.48. The quantitative estimate of drug-likeness (QED) is 0.396. The topological polar surface area (TPSA) is 104 Å². The summed E-state index contributed by atoms with van der Waals surface area (Å²) < 4.78 is 5.10. The summed E-state index contributed by atoms with van der Waals surface area (Å²) in [7, 11) is 0. The number of hydrogen-bond acceptors (Lipinski definition) is 4. The second-order valence-corrected chi connectivity index (χ2v) is 5.84. The summed E-state index contributed by atoms with van der Waals surface area (Å²) in [6.07, 6.45) is 1.68. The molecule has 136 valence electrons. The first-order chi connectivity index (χ1) is 10.6. The van der Waals surface area contributed by atoms with Gasteiger partial charge in [-0.1, -0.05) is 45.1 Å². The van der Waals surface area contributed by atoms with Gasteiger partial charge in [0, 0.05) is 6.61 Å². The lowest BCUT2D eigenvalue weighted by Gasteiger charge is -2.29. The van der Waals surface area contributed by atoms with Crippen LogP contribution in [0.2, 0.25) is 0 Å². The van der Waals surface area contributed by atoms with Gasteiger partial charge in [0.1, 0.15) is 0 Å². The lowest BCUT2D eigenvalue weighted by atomic mass is 9.90. The van der Waals surface area contributed by atoms with Gasteiger partial charge >= 0.3 is 11.9 Å². The number of aliphatic carboxylic acids is 2. The zero-order valence-electron chi connectivity index (χ0n) is 14.8. The summed E-state index contributed by atoms with van der Waals surface area (Å²) in [5.74, 6) is -3.00. The fourth-order valence-electron chi connectivity index (χ4n) is 1.76. The van der Waals surface area contributed by atoms with E-state index in [1.54, 1.807) is 0 Å². The second-order valence-electron chi connectivity index (χ2n) is 5.84. The summed E-state index contributed by atoms with van der Waals surface area (Å²) in [6, 6.07) is 0. The molecule has 23 heavy (non-hydrogen) atoms. The van der Waals surface area contributed by atoms with Gasteiger partial charge in [0.15, 0.2) is 11.7 Å². The second kappa shape index (κ2) is 13.1. The summed E-state index contributed by atoms with van der Waals surface area (Å²) in [5, 5.41) is 28.3. The molecule has 0 aliphatic rings. The van der Waals surface area contributed by atoms with E-state index in [0.29, 0.717) is 19.3 Å². The Kier molecular flexibility index (Phi) is 13.6. The molecule has 0 heterocycles. The van der Waals surface area contributed by atoms with E-state index in [4.69, 9.17) is 14.9 Å². The van der Waals surface area contributed by atoms with Gasteiger partial charge in [-0.25, -0.2) is 9.59 Å². The maximum atomic E-state index is 11.2. The molecule has 0 spiro atoms. The van der Waals surface area contributed by atoms with E-state index < -0.39 is 23.6 Å². The molecule has 0 fully saturated rings. The molecule has 0 aliphatic carbocycles. The van der Waals surface area contributed by atoms with Crippen LogP contribution in [-0.2, 0) is 14.3 Å². The zero-order valence-corrected chi connectivity index (χ0v) is 14.8. The summed E-state index contributed by atoms with van der Waals surface area (Å²) in [6.45, 7) is 11.5. The van der Waals surface area contributed by atoms with Crippen LogP contribution in [0.1, 0.15) is 66.2 Å². The Morgan fingerprint density at radius 3 is 1.91 bits per heavy atom. The maximum Gasteiger partial charge on any atom is 0.339 e. The molecule has 6 heteroatoms. The highest BCUT2D eigenvalue weighted by atomic mass is 16.5. The fourth-order valence-corrected chi connectivity index (χ4v) is 1.76. The van der Waals surface area contributed by atoms with E-state index in [1.165, 1.54) is 5.57 Å². The van der Waals surface area contributed by atoms with Crippen molar-refractivity contribution in [3.63, 3.8) is 0 Å². The van der Waals surface area contributed by atoms with Gasteiger partial charge in [0.05, 0.1) is 0 Å². The SMILES string of the molecule is C=C(C)C.CCCCCOC(C(=O)O)C(O)(CCCC)C(=O)O. The number of carboxylic acids is 2. The minimum Gasteiger partial charge on any atom is -0.479 e. The van der Waals surface area contributed by atoms with E-state index in [1.807, 2.05) is 27.7 Å². The van der Waals surface area contributed by atoms with Gasteiger partial charge in [0.2, 0.25) is 0 Å². The summed E-state index contributed by atoms with van der Waals surface area (Å²) >= 11 is 0. The number of unbranched alkanes of at least 4 members (excludes halogenated alkanes) is 3. The first-order valence-corrected chi connectivity index (χ1v) is 8.05. The van der Waals surface area contributed by atoms with Crippen molar-refractivity contribution >= 4 is 11.9 Å². The van der Waals surface area contributed by atoms with Crippen molar-refractivity contribution in [1.29, 1.82) is 0 Å². The van der Waals surface area contributed by atoms with Crippen LogP contribution in [0.15, 0.2) is 12.2 Å². The molecule has 6 nitrogen and oxygen atoms in total. The first-order valence-electron chi connectivity index (χ1n) is 8.05. The molecule has 2 unspecified atom stereocenters. The number of aliphatic hydroxyl groups is 1. The van der Waals surface area contributed by atoms with E-state index in [-0.39, 0.29) is 13.0 Å². The Hall–Kier alpha value is -1.40. The number of carbonyl (C=O) groups is 2. The Bertz CT molecular complexity index is 362. The van der Waals surface area contributed by atoms with Crippen molar-refractivity contribution in [3.05, 3.63) is 12.2 Å². The molecule has 0 aliphatic heterocycles. The van der Waals surface area contributed by atoms with Gasteiger partial charge in [-0.05, 0) is 26.7 Å². The number of carboxylic acid groups (broad SMARTS) is 2. The highest BCUT2D eigenvalue weighted by molar-refractivity contribution is 5.87. The third-order valence-corrected chi connectivity index (χ3v) is 2.97. The highest BCUT2D eigenvalue weighted by Crippen LogP contribution is 2.23. The fraction of sp³-hybridized carbons (Fsp3) is 0.765. The number of ether oxygens (including phenoxy) is 1. The van der Waals surface area contributed by atoms with Crippen LogP contribution in [-0.4, -0.2) is 45.6 Å². The van der Waals surface area contributed by atoms with Crippen molar-refractivity contribution in [2.24, 2.45) is 0 Å². The van der Waals surface area contributed by atoms with Gasteiger partial charge in [-0.3, -0.25) is 0 Å². The van der Waals surface area contributed by atoms with Crippen LogP contribution in [0.5, 0.6) is 0 Å². The molecule has 0 bridgehead atoms. The molecule has 0 saturated carbocycles. The first kappa shape index (κ1) is 23.9. The van der Waals surface area contributed by atoms with Crippen molar-refractivity contribution in [3.8, 4) is 0 Å². The minimum atomic E-state index is -2.37. The van der Waals surface area contributed by atoms with Crippen LogP contribution in [0.25, 0.3) is 0 Å². The Morgan fingerprint density at radius 2 is 1.57 bits per heavy atom. The third-order valence-electron chi connectivity index (χ3n) is 2.97. The molecule has 0 rings (SSSR count). The summed E-state index contributed by atoms with van der Waals surface area (Å²) in [4.78, 5) is 22.3. The smallest absolute Gasteiger partial charge is 0.339 e. The van der Waals surface area contributed by atoms with E-state index in [0.717, 1.165) is 12.8 Å². The number of rotatable bonds is 11. The lowest BCUT2D eigenvalue weighted by molar-refractivity contribution is -0.191. The van der Waals surface area contributed by atoms with Crippen LogP contribution >= 0.6 is 0 Å². The standard InChI is InChI=1S/C13H24O6.C4H8/c1-3-5-7-9-19-10(11(14)15)13(18,12(16)17)8-6-4-2;1-4(2)3/h10,18H,3-9H2,1-2H3,(H,14,15)(H,16,17);1H2,2-3H3. The molecule has 0 saturated heterocycles. The van der Waals surface area contributed by atoms with Gasteiger partial charge in [0.25, 0.3) is 0 Å². The molecule has 0 aromatic rings. The van der Waals surface area contributed by atoms with E-state index in [9.17, 15) is 14.7 Å². The average Bonchev–Trinajstić information content (AvgIpc) is 2.43. The molecule has 0 aromatic carbocycles. The molecular formula is C17H32O6. The van der Waals surface area contributed by atoms with E-state index >= 15 is 0 Å². The van der Waals surface area contributed by atoms with Crippen molar-refractivity contribution in [2.75, 3.05) is 6.61 Å².